The number of aryl methyl sites for hydroxylation is 1. The Morgan fingerprint density at radius 1 is 0.925 bits per heavy atom. The average Bonchev–Trinajstić information content (AvgIpc) is 2.91. The minimum Gasteiger partial charge on any atom is -0.354 e. The molecule has 0 aliphatic rings. The van der Waals surface area contributed by atoms with E-state index in [-0.39, 0.29) is 23.0 Å². The zero-order chi connectivity index (χ0) is 29.3. The summed E-state index contributed by atoms with van der Waals surface area (Å²) in [5, 5.41) is 3.63. The molecule has 3 aromatic carbocycles. The topological polar surface area (TPSA) is 86.8 Å². The number of rotatable bonds is 13. The molecular weight excluding hydrogens is 569 g/mol. The van der Waals surface area contributed by atoms with Crippen LogP contribution in [-0.2, 0) is 26.2 Å². The fourth-order valence-electron chi connectivity index (χ4n) is 4.33. The van der Waals surface area contributed by atoms with Gasteiger partial charge in [-0.15, -0.1) is 0 Å². The molecule has 7 nitrogen and oxygen atoms in total. The molecule has 214 valence electrons. The van der Waals surface area contributed by atoms with Crippen LogP contribution in [0.2, 0.25) is 10.0 Å². The van der Waals surface area contributed by atoms with Crippen molar-refractivity contribution in [3.63, 3.8) is 0 Å². The van der Waals surface area contributed by atoms with Gasteiger partial charge in [0.2, 0.25) is 11.8 Å². The smallest absolute Gasteiger partial charge is 0.264 e. The average molecular weight is 605 g/mol. The number of halogens is 2. The Kier molecular flexibility index (Phi) is 11.4. The Bertz CT molecular complexity index is 1410. The fraction of sp³-hybridized carbons (Fsp3) is 0.333. The van der Waals surface area contributed by atoms with Gasteiger partial charge in [0.15, 0.2) is 0 Å². The Morgan fingerprint density at radius 2 is 1.62 bits per heavy atom. The molecule has 0 radical (unpaired) electrons. The predicted octanol–water partition coefficient (Wildman–Crippen LogP) is 6.22. The lowest BCUT2D eigenvalue weighted by Crippen LogP contribution is -2.52. The number of unbranched alkanes of at least 4 members (excludes halogenated alkanes) is 1. The lowest BCUT2D eigenvalue weighted by molar-refractivity contribution is -0.140. The summed E-state index contributed by atoms with van der Waals surface area (Å²) in [5.74, 6) is -0.789. The molecule has 0 fully saturated rings. The lowest BCUT2D eigenvalue weighted by Gasteiger charge is -2.33. The third kappa shape index (κ3) is 8.22. The molecule has 3 aromatic rings. The van der Waals surface area contributed by atoms with Gasteiger partial charge < -0.3 is 10.2 Å². The predicted molar refractivity (Wildman–Crippen MR) is 161 cm³/mol. The molecule has 0 aliphatic carbocycles. The number of hydrogen-bond acceptors (Lipinski definition) is 4. The van der Waals surface area contributed by atoms with Gasteiger partial charge in [-0.2, -0.15) is 0 Å². The SMILES string of the molecule is CCCCNC(=O)C(CC)N(Cc1cccc(C)c1)C(=O)CN(c1cccc(Cl)c1)S(=O)(=O)c1ccc(Cl)cc1. The van der Waals surface area contributed by atoms with Crippen LogP contribution in [0.25, 0.3) is 0 Å². The Labute approximate surface area is 247 Å². The van der Waals surface area contributed by atoms with E-state index in [1.54, 1.807) is 18.2 Å². The van der Waals surface area contributed by atoms with E-state index in [1.807, 2.05) is 45.0 Å². The highest BCUT2D eigenvalue weighted by atomic mass is 35.5. The summed E-state index contributed by atoms with van der Waals surface area (Å²) in [7, 11) is -4.20. The second-order valence-electron chi connectivity index (χ2n) is 9.52. The molecule has 0 saturated heterocycles. The molecule has 0 bridgehead atoms. The van der Waals surface area contributed by atoms with E-state index >= 15 is 0 Å². The van der Waals surface area contributed by atoms with Crippen molar-refractivity contribution >= 4 is 50.7 Å². The molecule has 3 rings (SSSR count). The summed E-state index contributed by atoms with van der Waals surface area (Å²) < 4.78 is 28.7. The van der Waals surface area contributed by atoms with Crippen LogP contribution < -0.4 is 9.62 Å². The van der Waals surface area contributed by atoms with Gasteiger partial charge in [0.25, 0.3) is 10.0 Å². The summed E-state index contributed by atoms with van der Waals surface area (Å²) in [6, 6.07) is 18.9. The number of nitrogens with one attached hydrogen (secondary N) is 1. The molecule has 2 amide bonds. The van der Waals surface area contributed by atoms with Crippen LogP contribution in [0.15, 0.2) is 77.7 Å². The van der Waals surface area contributed by atoms with Gasteiger partial charge >= 0.3 is 0 Å². The molecule has 1 atom stereocenters. The van der Waals surface area contributed by atoms with Crippen LogP contribution in [0.1, 0.15) is 44.2 Å². The zero-order valence-corrected chi connectivity index (χ0v) is 25.3. The van der Waals surface area contributed by atoms with Crippen LogP contribution in [0.4, 0.5) is 5.69 Å². The lowest BCUT2D eigenvalue weighted by atomic mass is 10.1. The van der Waals surface area contributed by atoms with Gasteiger partial charge in [0.05, 0.1) is 10.6 Å². The third-order valence-electron chi connectivity index (χ3n) is 6.43. The number of sulfonamides is 1. The van der Waals surface area contributed by atoms with E-state index in [1.165, 1.54) is 35.2 Å². The van der Waals surface area contributed by atoms with Gasteiger partial charge in [-0.05, 0) is 67.8 Å². The summed E-state index contributed by atoms with van der Waals surface area (Å²) >= 11 is 12.2. The van der Waals surface area contributed by atoms with Crippen LogP contribution in [-0.4, -0.2) is 44.3 Å². The molecule has 0 spiro atoms. The summed E-state index contributed by atoms with van der Waals surface area (Å²) in [6.07, 6.45) is 2.09. The third-order valence-corrected chi connectivity index (χ3v) is 8.70. The number of anilines is 1. The highest BCUT2D eigenvalue weighted by Gasteiger charge is 2.33. The molecule has 1 N–H and O–H groups in total. The van der Waals surface area contributed by atoms with E-state index in [9.17, 15) is 18.0 Å². The largest absolute Gasteiger partial charge is 0.354 e. The second-order valence-corrected chi connectivity index (χ2v) is 12.3. The number of amides is 2. The zero-order valence-electron chi connectivity index (χ0n) is 22.9. The highest BCUT2D eigenvalue weighted by molar-refractivity contribution is 7.92. The van der Waals surface area contributed by atoms with E-state index in [4.69, 9.17) is 23.2 Å². The maximum absolute atomic E-state index is 14.1. The summed E-state index contributed by atoms with van der Waals surface area (Å²) in [4.78, 5) is 28.7. The molecule has 40 heavy (non-hydrogen) atoms. The Morgan fingerprint density at radius 3 is 2.25 bits per heavy atom. The van der Waals surface area contributed by atoms with Crippen LogP contribution in [0.5, 0.6) is 0 Å². The second kappa shape index (κ2) is 14.5. The number of carbonyl (C=O) groups is 2. The van der Waals surface area contributed by atoms with Crippen molar-refractivity contribution in [2.75, 3.05) is 17.4 Å². The first-order valence-electron chi connectivity index (χ1n) is 13.2. The minimum atomic E-state index is -4.20. The molecule has 1 unspecified atom stereocenters. The summed E-state index contributed by atoms with van der Waals surface area (Å²) in [6.45, 7) is 5.92. The number of benzene rings is 3. The molecule has 0 saturated carbocycles. The van der Waals surface area contributed by atoms with Crippen molar-refractivity contribution in [1.82, 2.24) is 10.2 Å². The van der Waals surface area contributed by atoms with E-state index in [0.29, 0.717) is 23.0 Å². The number of nitrogens with zero attached hydrogens (tertiary/aromatic N) is 2. The minimum absolute atomic E-state index is 0.0285. The van der Waals surface area contributed by atoms with E-state index < -0.39 is 28.5 Å². The molecule has 0 heterocycles. The van der Waals surface area contributed by atoms with Crippen molar-refractivity contribution in [1.29, 1.82) is 0 Å². The van der Waals surface area contributed by atoms with Gasteiger partial charge in [-0.25, -0.2) is 8.42 Å². The quantitative estimate of drug-likeness (QED) is 0.235. The van der Waals surface area contributed by atoms with Crippen LogP contribution >= 0.6 is 23.2 Å². The molecule has 10 heteroatoms. The van der Waals surface area contributed by atoms with Crippen molar-refractivity contribution < 1.29 is 18.0 Å². The Balaban J connectivity index is 2.04. The maximum Gasteiger partial charge on any atom is 0.264 e. The fourth-order valence-corrected chi connectivity index (χ4v) is 6.04. The first-order chi connectivity index (χ1) is 19.1. The molecule has 0 aromatic heterocycles. The highest BCUT2D eigenvalue weighted by Crippen LogP contribution is 2.27. The Hall–Kier alpha value is -3.07. The van der Waals surface area contributed by atoms with Crippen molar-refractivity contribution in [3.8, 4) is 0 Å². The molecular formula is C30H35Cl2N3O4S. The standard InChI is InChI=1S/C30H35Cl2N3O4S/c1-4-6-17-33-30(37)28(5-2)34(20-23-10-7-9-22(3)18-23)29(36)21-35(26-12-8-11-25(32)19-26)40(38,39)27-15-13-24(31)14-16-27/h7-16,18-19,28H,4-6,17,20-21H2,1-3H3,(H,33,37). The van der Waals surface area contributed by atoms with Gasteiger partial charge in [0.1, 0.15) is 12.6 Å². The van der Waals surface area contributed by atoms with E-state index in [0.717, 1.165) is 28.3 Å². The normalized spacial score (nSPS) is 12.0. The van der Waals surface area contributed by atoms with Gasteiger partial charge in [-0.3, -0.25) is 13.9 Å². The molecule has 0 aliphatic heterocycles. The first kappa shape index (κ1) is 31.5. The van der Waals surface area contributed by atoms with Gasteiger partial charge in [0, 0.05) is 23.1 Å². The van der Waals surface area contributed by atoms with Crippen LogP contribution in [0, 0.1) is 6.92 Å². The number of carbonyl (C=O) groups excluding carboxylic acids is 2. The maximum atomic E-state index is 14.1. The van der Waals surface area contributed by atoms with Crippen molar-refractivity contribution in [2.45, 2.75) is 57.5 Å². The van der Waals surface area contributed by atoms with Crippen molar-refractivity contribution in [2.24, 2.45) is 0 Å². The summed E-state index contributed by atoms with van der Waals surface area (Å²) in [5.41, 5.74) is 2.07. The van der Waals surface area contributed by atoms with Crippen LogP contribution in [0.3, 0.4) is 0 Å². The number of hydrogen-bond donors (Lipinski definition) is 1. The van der Waals surface area contributed by atoms with Crippen molar-refractivity contribution in [3.05, 3.63) is 94.0 Å². The monoisotopic (exact) mass is 603 g/mol. The van der Waals surface area contributed by atoms with Gasteiger partial charge in [-0.1, -0.05) is 79.4 Å². The first-order valence-corrected chi connectivity index (χ1v) is 15.4. The van der Waals surface area contributed by atoms with E-state index in [2.05, 4.69) is 5.32 Å².